The maximum absolute atomic E-state index is 12.1. The lowest BCUT2D eigenvalue weighted by Gasteiger charge is -2.29. The fraction of sp³-hybridized carbons (Fsp3) is 0.529. The maximum Gasteiger partial charge on any atom is 0.313 e. The molecule has 0 unspecified atom stereocenters. The zero-order chi connectivity index (χ0) is 16.1. The van der Waals surface area contributed by atoms with Gasteiger partial charge in [-0.15, -0.1) is 0 Å². The third kappa shape index (κ3) is 4.01. The molecule has 1 N–H and O–H groups in total. The molecule has 1 aromatic carbocycles. The van der Waals surface area contributed by atoms with Crippen molar-refractivity contribution in [3.05, 3.63) is 24.3 Å². The minimum absolute atomic E-state index is 0.472. The Balaban J connectivity index is 1.56. The average Bonchev–Trinajstić information content (AvgIpc) is 2.63. The number of morpholine rings is 1. The van der Waals surface area contributed by atoms with E-state index in [1.54, 1.807) is 0 Å². The first-order valence-electron chi connectivity index (χ1n) is 8.27. The van der Waals surface area contributed by atoms with Crippen LogP contribution in [0, 0.1) is 0 Å². The van der Waals surface area contributed by atoms with Gasteiger partial charge < -0.3 is 19.9 Å². The van der Waals surface area contributed by atoms with E-state index < -0.39 is 11.8 Å². The lowest BCUT2D eigenvalue weighted by atomic mass is 10.1. The van der Waals surface area contributed by atoms with Crippen LogP contribution in [-0.4, -0.2) is 56.1 Å². The summed E-state index contributed by atoms with van der Waals surface area (Å²) in [5, 5.41) is 2.68. The smallest absolute Gasteiger partial charge is 0.313 e. The molecule has 0 spiro atoms. The quantitative estimate of drug-likeness (QED) is 0.839. The topological polar surface area (TPSA) is 61.9 Å². The van der Waals surface area contributed by atoms with Crippen LogP contribution in [0.2, 0.25) is 0 Å². The van der Waals surface area contributed by atoms with Crippen LogP contribution >= 0.6 is 0 Å². The summed E-state index contributed by atoms with van der Waals surface area (Å²) in [4.78, 5) is 28.0. The van der Waals surface area contributed by atoms with E-state index in [2.05, 4.69) is 10.2 Å². The summed E-state index contributed by atoms with van der Waals surface area (Å²) in [6.45, 7) is 4.09. The molecule has 2 aliphatic rings. The van der Waals surface area contributed by atoms with E-state index >= 15 is 0 Å². The molecule has 2 saturated heterocycles. The van der Waals surface area contributed by atoms with Crippen molar-refractivity contribution in [2.75, 3.05) is 49.6 Å². The molecular weight excluding hydrogens is 294 g/mol. The molecule has 0 aliphatic carbocycles. The van der Waals surface area contributed by atoms with E-state index in [-0.39, 0.29) is 0 Å². The third-order valence-corrected chi connectivity index (χ3v) is 4.34. The van der Waals surface area contributed by atoms with Crippen molar-refractivity contribution in [2.24, 2.45) is 0 Å². The summed E-state index contributed by atoms with van der Waals surface area (Å²) in [7, 11) is 0. The lowest BCUT2D eigenvalue weighted by molar-refractivity contribution is -0.145. The van der Waals surface area contributed by atoms with Crippen LogP contribution < -0.4 is 10.2 Å². The highest BCUT2D eigenvalue weighted by Gasteiger charge is 2.23. The summed E-state index contributed by atoms with van der Waals surface area (Å²) in [6.07, 6.45) is 3.76. The number of amides is 2. The van der Waals surface area contributed by atoms with Gasteiger partial charge in [0.1, 0.15) is 0 Å². The molecule has 124 valence electrons. The molecule has 0 bridgehead atoms. The Hall–Kier alpha value is -2.08. The number of nitrogens with zero attached hydrogens (tertiary/aromatic N) is 2. The molecule has 2 fully saturated rings. The summed E-state index contributed by atoms with van der Waals surface area (Å²) >= 11 is 0. The van der Waals surface area contributed by atoms with Gasteiger partial charge in [-0.1, -0.05) is 0 Å². The zero-order valence-corrected chi connectivity index (χ0v) is 13.3. The maximum atomic E-state index is 12.1. The Morgan fingerprint density at radius 2 is 1.57 bits per heavy atom. The molecular formula is C17H23N3O3. The van der Waals surface area contributed by atoms with Gasteiger partial charge in [-0.3, -0.25) is 9.59 Å². The van der Waals surface area contributed by atoms with Gasteiger partial charge in [0.2, 0.25) is 0 Å². The Labute approximate surface area is 136 Å². The van der Waals surface area contributed by atoms with Gasteiger partial charge in [-0.2, -0.15) is 0 Å². The molecule has 6 heteroatoms. The van der Waals surface area contributed by atoms with Crippen molar-refractivity contribution < 1.29 is 14.3 Å². The molecule has 0 radical (unpaired) electrons. The third-order valence-electron chi connectivity index (χ3n) is 4.34. The number of rotatable bonds is 2. The van der Waals surface area contributed by atoms with Crippen LogP contribution in [0.25, 0.3) is 0 Å². The SMILES string of the molecule is O=C(Nc1ccc(N2CCCCC2)cc1)C(=O)N1CCOCC1. The fourth-order valence-corrected chi connectivity index (χ4v) is 3.00. The highest BCUT2D eigenvalue weighted by atomic mass is 16.5. The van der Waals surface area contributed by atoms with Crippen molar-refractivity contribution >= 4 is 23.2 Å². The van der Waals surface area contributed by atoms with Gasteiger partial charge in [0.05, 0.1) is 13.2 Å². The number of hydrogen-bond donors (Lipinski definition) is 1. The normalized spacial score (nSPS) is 18.6. The molecule has 2 aliphatic heterocycles. The van der Waals surface area contributed by atoms with Crippen molar-refractivity contribution in [1.29, 1.82) is 0 Å². The van der Waals surface area contributed by atoms with Crippen LogP contribution in [-0.2, 0) is 14.3 Å². The monoisotopic (exact) mass is 317 g/mol. The second-order valence-electron chi connectivity index (χ2n) is 5.95. The van der Waals surface area contributed by atoms with E-state index in [1.807, 2.05) is 24.3 Å². The Morgan fingerprint density at radius 1 is 0.913 bits per heavy atom. The highest BCUT2D eigenvalue weighted by Crippen LogP contribution is 2.21. The van der Waals surface area contributed by atoms with Gasteiger partial charge in [-0.05, 0) is 43.5 Å². The molecule has 0 atom stereocenters. The number of hydrogen-bond acceptors (Lipinski definition) is 4. The summed E-state index contributed by atoms with van der Waals surface area (Å²) in [5.41, 5.74) is 1.82. The number of carbonyl (C=O) groups is 2. The number of carbonyl (C=O) groups excluding carboxylic acids is 2. The van der Waals surface area contributed by atoms with Crippen molar-refractivity contribution in [3.63, 3.8) is 0 Å². The first-order chi connectivity index (χ1) is 11.2. The van der Waals surface area contributed by atoms with E-state index in [4.69, 9.17) is 4.74 Å². The molecule has 0 saturated carbocycles. The predicted octanol–water partition coefficient (Wildman–Crippen LogP) is 1.47. The van der Waals surface area contributed by atoms with Crippen molar-refractivity contribution in [1.82, 2.24) is 4.90 Å². The summed E-state index contributed by atoms with van der Waals surface area (Å²) in [5.74, 6) is -1.08. The summed E-state index contributed by atoms with van der Waals surface area (Å²) < 4.78 is 5.19. The summed E-state index contributed by atoms with van der Waals surface area (Å²) in [6, 6.07) is 7.71. The number of benzene rings is 1. The largest absolute Gasteiger partial charge is 0.378 e. The van der Waals surface area contributed by atoms with Crippen LogP contribution in [0.3, 0.4) is 0 Å². The number of piperidine rings is 1. The first-order valence-corrected chi connectivity index (χ1v) is 8.27. The van der Waals surface area contributed by atoms with Crippen LogP contribution in [0.15, 0.2) is 24.3 Å². The van der Waals surface area contributed by atoms with E-state index in [0.29, 0.717) is 32.0 Å². The van der Waals surface area contributed by atoms with Crippen LogP contribution in [0.1, 0.15) is 19.3 Å². The average molecular weight is 317 g/mol. The van der Waals surface area contributed by atoms with Gasteiger partial charge in [-0.25, -0.2) is 0 Å². The predicted molar refractivity (Wildman–Crippen MR) is 88.5 cm³/mol. The molecule has 23 heavy (non-hydrogen) atoms. The Bertz CT molecular complexity index is 547. The second kappa shape index (κ2) is 7.46. The minimum Gasteiger partial charge on any atom is -0.378 e. The number of ether oxygens (including phenoxy) is 1. The van der Waals surface area contributed by atoms with Crippen molar-refractivity contribution in [2.45, 2.75) is 19.3 Å². The molecule has 6 nitrogen and oxygen atoms in total. The van der Waals surface area contributed by atoms with Gasteiger partial charge in [0, 0.05) is 37.6 Å². The van der Waals surface area contributed by atoms with E-state index in [0.717, 1.165) is 13.1 Å². The van der Waals surface area contributed by atoms with Crippen LogP contribution in [0.4, 0.5) is 11.4 Å². The van der Waals surface area contributed by atoms with Gasteiger partial charge in [0.15, 0.2) is 0 Å². The minimum atomic E-state index is -0.586. The number of anilines is 2. The molecule has 3 rings (SSSR count). The van der Waals surface area contributed by atoms with E-state index in [9.17, 15) is 9.59 Å². The van der Waals surface area contributed by atoms with Crippen molar-refractivity contribution in [3.8, 4) is 0 Å². The first kappa shape index (κ1) is 15.8. The Kier molecular flexibility index (Phi) is 5.12. The molecule has 0 aromatic heterocycles. The standard InChI is InChI=1S/C17H23N3O3/c21-16(17(22)20-10-12-23-13-11-20)18-14-4-6-15(7-5-14)19-8-2-1-3-9-19/h4-7H,1-3,8-13H2,(H,18,21). The Morgan fingerprint density at radius 3 is 2.22 bits per heavy atom. The van der Waals surface area contributed by atoms with Gasteiger partial charge in [0.25, 0.3) is 0 Å². The fourth-order valence-electron chi connectivity index (χ4n) is 3.00. The van der Waals surface area contributed by atoms with Crippen LogP contribution in [0.5, 0.6) is 0 Å². The molecule has 2 amide bonds. The molecule has 2 heterocycles. The number of nitrogens with one attached hydrogen (secondary N) is 1. The second-order valence-corrected chi connectivity index (χ2v) is 5.95. The van der Waals surface area contributed by atoms with Gasteiger partial charge >= 0.3 is 11.8 Å². The zero-order valence-electron chi connectivity index (χ0n) is 13.3. The molecule has 1 aromatic rings. The lowest BCUT2D eigenvalue weighted by Crippen LogP contribution is -2.45. The highest BCUT2D eigenvalue weighted by molar-refractivity contribution is 6.39. The van der Waals surface area contributed by atoms with E-state index in [1.165, 1.54) is 29.8 Å².